The van der Waals surface area contributed by atoms with Crippen LogP contribution in [0.15, 0.2) is 18.5 Å². The second-order valence-corrected chi connectivity index (χ2v) is 6.45. The Kier molecular flexibility index (Phi) is 3.41. The van der Waals surface area contributed by atoms with E-state index < -0.39 is 0 Å². The molecule has 1 unspecified atom stereocenters. The average Bonchev–Trinajstić information content (AvgIpc) is 2.98. The third-order valence-corrected chi connectivity index (χ3v) is 4.85. The molecule has 0 saturated carbocycles. The number of thiophene rings is 1. The van der Waals surface area contributed by atoms with Crippen molar-refractivity contribution in [3.8, 4) is 0 Å². The molecular formula is C13H16ClN3S. The van der Waals surface area contributed by atoms with Crippen molar-refractivity contribution in [2.24, 2.45) is 7.05 Å². The van der Waals surface area contributed by atoms with E-state index in [4.69, 9.17) is 11.6 Å². The molecule has 2 aromatic heterocycles. The highest BCUT2D eigenvalue weighted by molar-refractivity contribution is 7.16. The van der Waals surface area contributed by atoms with E-state index in [0.29, 0.717) is 6.04 Å². The number of halogens is 1. The Morgan fingerprint density at radius 3 is 3.28 bits per heavy atom. The molecule has 0 bridgehead atoms. The quantitative estimate of drug-likeness (QED) is 0.934. The molecule has 3 nitrogen and oxygen atoms in total. The van der Waals surface area contributed by atoms with Gasteiger partial charge in [0.1, 0.15) is 5.82 Å². The topological polar surface area (TPSA) is 29.9 Å². The average molecular weight is 282 g/mol. The van der Waals surface area contributed by atoms with Gasteiger partial charge in [-0.05, 0) is 24.5 Å². The van der Waals surface area contributed by atoms with Crippen LogP contribution < -0.4 is 5.32 Å². The number of nitrogens with zero attached hydrogens (tertiary/aromatic N) is 2. The second-order valence-electron chi connectivity index (χ2n) is 4.68. The van der Waals surface area contributed by atoms with E-state index in [-0.39, 0.29) is 0 Å². The van der Waals surface area contributed by atoms with Crippen LogP contribution in [0.4, 0.5) is 0 Å². The van der Waals surface area contributed by atoms with Crippen LogP contribution in [0.3, 0.4) is 0 Å². The molecule has 5 heteroatoms. The van der Waals surface area contributed by atoms with Gasteiger partial charge in [-0.25, -0.2) is 4.98 Å². The SMILES string of the molecule is Cn1ccnc1CCNC1CCc2sc(Cl)cc21. The van der Waals surface area contributed by atoms with Crippen LogP contribution in [-0.2, 0) is 19.9 Å². The fourth-order valence-corrected chi connectivity index (χ4v) is 3.89. The van der Waals surface area contributed by atoms with Crippen LogP contribution in [0.5, 0.6) is 0 Å². The Morgan fingerprint density at radius 2 is 2.50 bits per heavy atom. The highest BCUT2D eigenvalue weighted by Gasteiger charge is 2.24. The molecule has 0 radical (unpaired) electrons. The zero-order valence-corrected chi connectivity index (χ0v) is 11.9. The molecule has 2 heterocycles. The smallest absolute Gasteiger partial charge is 0.109 e. The monoisotopic (exact) mass is 281 g/mol. The number of aromatic nitrogens is 2. The van der Waals surface area contributed by atoms with Gasteiger partial charge in [-0.3, -0.25) is 0 Å². The fraction of sp³-hybridized carbons (Fsp3) is 0.462. The van der Waals surface area contributed by atoms with Gasteiger partial charge in [0.25, 0.3) is 0 Å². The standard InChI is InChI=1S/C13H16ClN3S/c1-17-7-6-16-13(17)4-5-15-10-2-3-11-9(10)8-12(14)18-11/h6-8,10,15H,2-5H2,1H3. The molecule has 3 rings (SSSR count). The molecule has 18 heavy (non-hydrogen) atoms. The van der Waals surface area contributed by atoms with E-state index in [1.165, 1.54) is 16.9 Å². The van der Waals surface area contributed by atoms with Crippen LogP contribution >= 0.6 is 22.9 Å². The normalized spacial score (nSPS) is 18.2. The predicted octanol–water partition coefficient (Wildman–Crippen LogP) is 2.95. The number of imidazole rings is 1. The zero-order chi connectivity index (χ0) is 12.5. The molecule has 1 aliphatic carbocycles. The van der Waals surface area contributed by atoms with Crippen LogP contribution in [0.25, 0.3) is 0 Å². The molecule has 96 valence electrons. The van der Waals surface area contributed by atoms with E-state index in [1.807, 2.05) is 19.4 Å². The first kappa shape index (κ1) is 12.2. The maximum absolute atomic E-state index is 6.06. The van der Waals surface area contributed by atoms with E-state index >= 15 is 0 Å². The van der Waals surface area contributed by atoms with Gasteiger partial charge < -0.3 is 9.88 Å². The van der Waals surface area contributed by atoms with Gasteiger partial charge in [-0.1, -0.05) is 11.6 Å². The Labute approximate surface area is 116 Å². The molecule has 2 aromatic rings. The highest BCUT2D eigenvalue weighted by Crippen LogP contribution is 2.39. The molecule has 0 spiro atoms. The van der Waals surface area contributed by atoms with Crippen molar-refractivity contribution in [1.29, 1.82) is 0 Å². The Morgan fingerprint density at radius 1 is 1.61 bits per heavy atom. The van der Waals surface area contributed by atoms with Crippen molar-refractivity contribution in [2.75, 3.05) is 6.54 Å². The second kappa shape index (κ2) is 5.03. The maximum atomic E-state index is 6.06. The van der Waals surface area contributed by atoms with Gasteiger partial charge in [-0.2, -0.15) is 0 Å². The van der Waals surface area contributed by atoms with Crippen LogP contribution in [-0.4, -0.2) is 16.1 Å². The van der Waals surface area contributed by atoms with E-state index in [0.717, 1.165) is 29.5 Å². The first-order valence-corrected chi connectivity index (χ1v) is 7.41. The summed E-state index contributed by atoms with van der Waals surface area (Å²) in [7, 11) is 2.04. The maximum Gasteiger partial charge on any atom is 0.109 e. The zero-order valence-electron chi connectivity index (χ0n) is 10.3. The minimum atomic E-state index is 0.476. The molecule has 0 saturated heterocycles. The van der Waals surface area contributed by atoms with Crippen LogP contribution in [0, 0.1) is 0 Å². The van der Waals surface area contributed by atoms with Crippen LogP contribution in [0.1, 0.15) is 28.7 Å². The summed E-state index contributed by atoms with van der Waals surface area (Å²) in [5.41, 5.74) is 1.41. The van der Waals surface area contributed by atoms with Gasteiger partial charge in [-0.15, -0.1) is 11.3 Å². The molecular weight excluding hydrogens is 266 g/mol. The third kappa shape index (κ3) is 2.32. The summed E-state index contributed by atoms with van der Waals surface area (Å²) in [6.07, 6.45) is 7.15. The van der Waals surface area contributed by atoms with Crippen molar-refractivity contribution >= 4 is 22.9 Å². The Hall–Kier alpha value is -0.840. The number of aryl methyl sites for hydroxylation is 2. The van der Waals surface area contributed by atoms with Gasteiger partial charge in [0.15, 0.2) is 0 Å². The van der Waals surface area contributed by atoms with Crippen molar-refractivity contribution in [3.05, 3.63) is 39.1 Å². The third-order valence-electron chi connectivity index (χ3n) is 3.51. The first-order chi connectivity index (χ1) is 8.74. The van der Waals surface area contributed by atoms with Crippen LogP contribution in [0.2, 0.25) is 4.34 Å². The minimum Gasteiger partial charge on any atom is -0.338 e. The van der Waals surface area contributed by atoms with Crippen molar-refractivity contribution in [2.45, 2.75) is 25.3 Å². The largest absolute Gasteiger partial charge is 0.338 e. The summed E-state index contributed by atoms with van der Waals surface area (Å²) < 4.78 is 2.99. The Bertz CT molecular complexity index is 546. The van der Waals surface area contributed by atoms with Crippen molar-refractivity contribution in [1.82, 2.24) is 14.9 Å². The number of nitrogens with one attached hydrogen (secondary N) is 1. The van der Waals surface area contributed by atoms with E-state index in [2.05, 4.69) is 20.9 Å². The fourth-order valence-electron chi connectivity index (χ4n) is 2.54. The lowest BCUT2D eigenvalue weighted by Crippen LogP contribution is -2.22. The number of hydrogen-bond donors (Lipinski definition) is 1. The number of hydrogen-bond acceptors (Lipinski definition) is 3. The van der Waals surface area contributed by atoms with Gasteiger partial charge in [0, 0.05) is 43.3 Å². The lowest BCUT2D eigenvalue weighted by Gasteiger charge is -2.12. The summed E-state index contributed by atoms with van der Waals surface area (Å²) >= 11 is 7.78. The molecule has 1 aliphatic rings. The number of fused-ring (bicyclic) bond motifs is 1. The summed E-state index contributed by atoms with van der Waals surface area (Å²) in [5.74, 6) is 1.13. The van der Waals surface area contributed by atoms with E-state index in [9.17, 15) is 0 Å². The van der Waals surface area contributed by atoms with Crippen molar-refractivity contribution < 1.29 is 0 Å². The molecule has 0 fully saturated rings. The molecule has 0 aromatic carbocycles. The summed E-state index contributed by atoms with van der Waals surface area (Å²) in [5, 5.41) is 3.61. The van der Waals surface area contributed by atoms with Gasteiger partial charge in [0.05, 0.1) is 4.34 Å². The summed E-state index contributed by atoms with van der Waals surface area (Å²) in [4.78, 5) is 5.79. The van der Waals surface area contributed by atoms with Gasteiger partial charge >= 0.3 is 0 Å². The molecule has 0 amide bonds. The minimum absolute atomic E-state index is 0.476. The lowest BCUT2D eigenvalue weighted by atomic mass is 10.2. The van der Waals surface area contributed by atoms with E-state index in [1.54, 1.807) is 11.3 Å². The molecule has 0 aliphatic heterocycles. The van der Waals surface area contributed by atoms with Crippen molar-refractivity contribution in [3.63, 3.8) is 0 Å². The molecule has 1 N–H and O–H groups in total. The molecule has 1 atom stereocenters. The lowest BCUT2D eigenvalue weighted by molar-refractivity contribution is 0.526. The Balaban J connectivity index is 1.57. The summed E-state index contributed by atoms with van der Waals surface area (Å²) in [6.45, 7) is 0.961. The van der Waals surface area contributed by atoms with Gasteiger partial charge in [0.2, 0.25) is 0 Å². The first-order valence-electron chi connectivity index (χ1n) is 6.21. The number of rotatable bonds is 4. The predicted molar refractivity (Wildman–Crippen MR) is 75.3 cm³/mol. The highest BCUT2D eigenvalue weighted by atomic mass is 35.5. The summed E-state index contributed by atoms with van der Waals surface area (Å²) in [6, 6.07) is 2.59.